The van der Waals surface area contributed by atoms with Crippen LogP contribution in [0, 0.1) is 5.41 Å². The van der Waals surface area contributed by atoms with Crippen LogP contribution >= 0.6 is 0 Å². The van der Waals surface area contributed by atoms with Gasteiger partial charge in [0.1, 0.15) is 0 Å². The fourth-order valence-electron chi connectivity index (χ4n) is 1.68. The Labute approximate surface area is 103 Å². The van der Waals surface area contributed by atoms with Crippen LogP contribution in [0.4, 0.5) is 0 Å². The second-order valence-electron chi connectivity index (χ2n) is 5.86. The number of carboxylic acid groups (broad SMARTS) is 1. The smallest absolute Gasteiger partial charge is 0.305 e. The van der Waals surface area contributed by atoms with E-state index >= 15 is 0 Å². The third-order valence-corrected chi connectivity index (χ3v) is 2.10. The minimum absolute atomic E-state index is 0.00842. The van der Waals surface area contributed by atoms with Gasteiger partial charge in [0.2, 0.25) is 5.91 Å². The van der Waals surface area contributed by atoms with Crippen molar-refractivity contribution in [1.29, 1.82) is 0 Å². The summed E-state index contributed by atoms with van der Waals surface area (Å²) in [5.41, 5.74) is -0.00842. The molecule has 0 aromatic heterocycles. The number of likely N-dealkylation sites (N-methyl/N-ethyl adjacent to an activating group) is 1. The Morgan fingerprint density at radius 2 is 1.82 bits per heavy atom. The first-order valence-electron chi connectivity index (χ1n) is 5.76. The number of nitrogens with zero attached hydrogens (tertiary/aromatic N) is 1. The first-order valence-corrected chi connectivity index (χ1v) is 5.76. The minimum Gasteiger partial charge on any atom is -0.481 e. The molecule has 0 spiro atoms. The summed E-state index contributed by atoms with van der Waals surface area (Å²) in [5, 5.41) is 11.6. The van der Waals surface area contributed by atoms with Gasteiger partial charge in [0, 0.05) is 6.04 Å². The predicted molar refractivity (Wildman–Crippen MR) is 66.8 cm³/mol. The van der Waals surface area contributed by atoms with Crippen molar-refractivity contribution in [2.75, 3.05) is 20.6 Å². The molecule has 0 aliphatic rings. The van der Waals surface area contributed by atoms with Crippen LogP contribution in [0.3, 0.4) is 0 Å². The molecular formula is C12H24N2O3. The number of carbonyl (C=O) groups excluding carboxylic acids is 1. The quantitative estimate of drug-likeness (QED) is 0.729. The van der Waals surface area contributed by atoms with Crippen molar-refractivity contribution in [3.8, 4) is 0 Å². The molecular weight excluding hydrogens is 220 g/mol. The summed E-state index contributed by atoms with van der Waals surface area (Å²) in [6.07, 6.45) is 0.620. The van der Waals surface area contributed by atoms with Crippen molar-refractivity contribution in [2.24, 2.45) is 5.41 Å². The van der Waals surface area contributed by atoms with Gasteiger partial charge in [-0.3, -0.25) is 9.59 Å². The molecule has 1 atom stereocenters. The average Bonchev–Trinajstić information content (AvgIpc) is 1.95. The summed E-state index contributed by atoms with van der Waals surface area (Å²) in [5.74, 6) is -1.02. The van der Waals surface area contributed by atoms with Crippen LogP contribution in [0.15, 0.2) is 0 Å². The highest BCUT2D eigenvalue weighted by molar-refractivity contribution is 5.79. The topological polar surface area (TPSA) is 69.6 Å². The van der Waals surface area contributed by atoms with E-state index in [4.69, 9.17) is 5.11 Å². The highest BCUT2D eigenvalue weighted by atomic mass is 16.4. The molecule has 1 amide bonds. The third kappa shape index (κ3) is 9.81. The summed E-state index contributed by atoms with van der Waals surface area (Å²) >= 11 is 0. The van der Waals surface area contributed by atoms with Crippen LogP contribution in [0.2, 0.25) is 0 Å². The van der Waals surface area contributed by atoms with E-state index in [0.29, 0.717) is 6.42 Å². The number of rotatable bonds is 6. The van der Waals surface area contributed by atoms with E-state index in [-0.39, 0.29) is 30.3 Å². The zero-order valence-electron chi connectivity index (χ0n) is 11.4. The second-order valence-corrected chi connectivity index (χ2v) is 5.86. The van der Waals surface area contributed by atoms with Crippen LogP contribution in [0.5, 0.6) is 0 Å². The average molecular weight is 244 g/mol. The van der Waals surface area contributed by atoms with Crippen LogP contribution < -0.4 is 5.32 Å². The van der Waals surface area contributed by atoms with Crippen molar-refractivity contribution in [3.05, 3.63) is 0 Å². The summed E-state index contributed by atoms with van der Waals surface area (Å²) in [6, 6.07) is -0.306. The van der Waals surface area contributed by atoms with Gasteiger partial charge in [-0.15, -0.1) is 0 Å². The number of amides is 1. The second kappa shape index (κ2) is 6.59. The molecule has 17 heavy (non-hydrogen) atoms. The van der Waals surface area contributed by atoms with Crippen molar-refractivity contribution < 1.29 is 14.7 Å². The molecule has 0 fully saturated rings. The van der Waals surface area contributed by atoms with Gasteiger partial charge < -0.3 is 15.3 Å². The molecule has 0 aromatic rings. The predicted octanol–water partition coefficient (Wildman–Crippen LogP) is 0.944. The van der Waals surface area contributed by atoms with Gasteiger partial charge in [-0.1, -0.05) is 20.8 Å². The highest BCUT2D eigenvalue weighted by Crippen LogP contribution is 2.22. The maximum atomic E-state index is 11.6. The molecule has 5 nitrogen and oxygen atoms in total. The summed E-state index contributed by atoms with van der Waals surface area (Å²) in [7, 11) is 3.60. The maximum absolute atomic E-state index is 11.6. The van der Waals surface area contributed by atoms with Crippen molar-refractivity contribution in [1.82, 2.24) is 10.2 Å². The lowest BCUT2D eigenvalue weighted by atomic mass is 9.87. The molecule has 0 radical (unpaired) electrons. The first-order chi connectivity index (χ1) is 7.60. The lowest BCUT2D eigenvalue weighted by Gasteiger charge is -2.26. The Kier molecular flexibility index (Phi) is 6.16. The molecule has 0 saturated carbocycles. The highest BCUT2D eigenvalue weighted by Gasteiger charge is 2.22. The van der Waals surface area contributed by atoms with Gasteiger partial charge in [-0.25, -0.2) is 0 Å². The van der Waals surface area contributed by atoms with Gasteiger partial charge in [0.05, 0.1) is 13.0 Å². The monoisotopic (exact) mass is 244 g/mol. The maximum Gasteiger partial charge on any atom is 0.305 e. The van der Waals surface area contributed by atoms with E-state index in [1.165, 1.54) is 0 Å². The van der Waals surface area contributed by atoms with Crippen LogP contribution in [-0.4, -0.2) is 48.6 Å². The molecule has 0 rings (SSSR count). The third-order valence-electron chi connectivity index (χ3n) is 2.10. The summed E-state index contributed by atoms with van der Waals surface area (Å²) < 4.78 is 0. The van der Waals surface area contributed by atoms with Gasteiger partial charge in [-0.05, 0) is 25.9 Å². The van der Waals surface area contributed by atoms with Crippen LogP contribution in [-0.2, 0) is 9.59 Å². The van der Waals surface area contributed by atoms with Crippen molar-refractivity contribution in [3.63, 3.8) is 0 Å². The van der Waals surface area contributed by atoms with Gasteiger partial charge >= 0.3 is 5.97 Å². The normalized spacial score (nSPS) is 13.5. The number of aliphatic carboxylic acids is 1. The van der Waals surface area contributed by atoms with Gasteiger partial charge in [0.25, 0.3) is 0 Å². The molecule has 5 heteroatoms. The molecule has 2 N–H and O–H groups in total. The van der Waals surface area contributed by atoms with E-state index in [9.17, 15) is 9.59 Å². The molecule has 0 heterocycles. The van der Waals surface area contributed by atoms with E-state index in [0.717, 1.165) is 0 Å². The minimum atomic E-state index is -0.885. The largest absolute Gasteiger partial charge is 0.481 e. The van der Waals surface area contributed by atoms with Crippen molar-refractivity contribution in [2.45, 2.75) is 39.7 Å². The van der Waals surface area contributed by atoms with Crippen LogP contribution in [0.25, 0.3) is 0 Å². The van der Waals surface area contributed by atoms with E-state index in [2.05, 4.69) is 5.32 Å². The summed E-state index contributed by atoms with van der Waals surface area (Å²) in [4.78, 5) is 24.1. The van der Waals surface area contributed by atoms with Gasteiger partial charge in [-0.2, -0.15) is 0 Å². The van der Waals surface area contributed by atoms with Gasteiger partial charge in [0.15, 0.2) is 0 Å². The molecule has 0 bridgehead atoms. The Bertz CT molecular complexity index is 269. The Morgan fingerprint density at radius 3 is 2.18 bits per heavy atom. The molecule has 0 saturated heterocycles. The molecule has 100 valence electrons. The number of hydrogen-bond donors (Lipinski definition) is 2. The molecule has 0 aliphatic heterocycles. The molecule has 1 unspecified atom stereocenters. The Hall–Kier alpha value is -1.10. The van der Waals surface area contributed by atoms with E-state index < -0.39 is 5.97 Å². The molecule has 0 aromatic carbocycles. The fourth-order valence-corrected chi connectivity index (χ4v) is 1.68. The van der Waals surface area contributed by atoms with E-state index in [1.807, 2.05) is 20.8 Å². The van der Waals surface area contributed by atoms with Crippen molar-refractivity contribution >= 4 is 11.9 Å². The van der Waals surface area contributed by atoms with Crippen LogP contribution in [0.1, 0.15) is 33.6 Å². The number of hydrogen-bond acceptors (Lipinski definition) is 3. The zero-order valence-corrected chi connectivity index (χ0v) is 11.4. The summed E-state index contributed by atoms with van der Waals surface area (Å²) in [6.45, 7) is 6.36. The number of nitrogens with one attached hydrogen (secondary N) is 1. The van der Waals surface area contributed by atoms with E-state index in [1.54, 1.807) is 19.0 Å². The molecule has 0 aliphatic carbocycles. The SMILES string of the molecule is CN(C)CC(=O)NC(CC(=O)O)CC(C)(C)C. The fraction of sp³-hybridized carbons (Fsp3) is 0.833. The first kappa shape index (κ1) is 15.9. The number of carbonyl (C=O) groups is 2. The lowest BCUT2D eigenvalue weighted by molar-refractivity contribution is -0.137. The Balaban J connectivity index is 4.38. The Morgan fingerprint density at radius 1 is 1.29 bits per heavy atom. The zero-order chi connectivity index (χ0) is 13.6. The lowest BCUT2D eigenvalue weighted by Crippen LogP contribution is -2.42. The standard InChI is InChI=1S/C12H24N2O3/c1-12(2,3)7-9(6-11(16)17)13-10(15)8-14(4)5/h9H,6-8H2,1-5H3,(H,13,15)(H,16,17). The number of carboxylic acids is 1.